The molecule has 0 saturated heterocycles. The van der Waals surface area contributed by atoms with Gasteiger partial charge in [0.15, 0.2) is 11.6 Å². The molecule has 2 aromatic rings. The molecule has 5 nitrogen and oxygen atoms in total. The van der Waals surface area contributed by atoms with Gasteiger partial charge >= 0.3 is 0 Å². The zero-order valence-corrected chi connectivity index (χ0v) is 11.3. The van der Waals surface area contributed by atoms with Crippen LogP contribution in [0, 0.1) is 0 Å². The van der Waals surface area contributed by atoms with Crippen molar-refractivity contribution in [2.75, 3.05) is 14.1 Å². The van der Waals surface area contributed by atoms with Crippen LogP contribution < -0.4 is 0 Å². The van der Waals surface area contributed by atoms with Crippen LogP contribution in [0.15, 0.2) is 34.9 Å². The second kappa shape index (κ2) is 5.75. The zero-order valence-electron chi connectivity index (χ0n) is 11.3. The summed E-state index contributed by atoms with van der Waals surface area (Å²) in [6.45, 7) is 2.37. The van der Waals surface area contributed by atoms with Crippen LogP contribution in [0.25, 0.3) is 0 Å². The first-order valence-corrected chi connectivity index (χ1v) is 6.14. The number of hydrogen-bond acceptors (Lipinski definition) is 5. The maximum atomic E-state index is 12.2. The molecule has 0 amide bonds. The Hall–Kier alpha value is -2.01. The van der Waals surface area contributed by atoms with Gasteiger partial charge in [-0.1, -0.05) is 35.5 Å². The van der Waals surface area contributed by atoms with Gasteiger partial charge in [-0.2, -0.15) is 4.98 Å². The highest BCUT2D eigenvalue weighted by Crippen LogP contribution is 2.19. The molecular weight excluding hydrogens is 242 g/mol. The van der Waals surface area contributed by atoms with Crippen LogP contribution in [0.5, 0.6) is 0 Å². The average molecular weight is 259 g/mol. The third kappa shape index (κ3) is 3.26. The summed E-state index contributed by atoms with van der Waals surface area (Å²) in [6, 6.07) is 9.13. The van der Waals surface area contributed by atoms with Gasteiger partial charge in [-0.3, -0.25) is 4.79 Å². The van der Waals surface area contributed by atoms with E-state index in [-0.39, 0.29) is 5.78 Å². The van der Waals surface area contributed by atoms with E-state index in [2.05, 4.69) is 10.1 Å². The molecule has 100 valence electrons. The third-order valence-electron chi connectivity index (χ3n) is 2.76. The number of nitrogens with zero attached hydrogens (tertiary/aromatic N) is 3. The highest BCUT2D eigenvalue weighted by atomic mass is 16.5. The van der Waals surface area contributed by atoms with E-state index in [9.17, 15) is 4.79 Å². The predicted molar refractivity (Wildman–Crippen MR) is 70.9 cm³/mol. The summed E-state index contributed by atoms with van der Waals surface area (Å²) in [7, 11) is 3.85. The van der Waals surface area contributed by atoms with Crippen molar-refractivity contribution in [1.29, 1.82) is 0 Å². The summed E-state index contributed by atoms with van der Waals surface area (Å²) in [5.41, 5.74) is 0.655. The van der Waals surface area contributed by atoms with E-state index in [1.807, 2.05) is 37.2 Å². The van der Waals surface area contributed by atoms with Crippen molar-refractivity contribution in [1.82, 2.24) is 15.0 Å². The van der Waals surface area contributed by atoms with Crippen LogP contribution in [0.3, 0.4) is 0 Å². The fraction of sp³-hybridized carbons (Fsp3) is 0.357. The normalized spacial score (nSPS) is 12.6. The van der Waals surface area contributed by atoms with E-state index in [1.165, 1.54) is 0 Å². The maximum absolute atomic E-state index is 12.2. The summed E-state index contributed by atoms with van der Waals surface area (Å²) in [6.07, 6.45) is 0. The van der Waals surface area contributed by atoms with Gasteiger partial charge in [0.05, 0.1) is 12.5 Å². The molecule has 0 aliphatic rings. The fourth-order valence-corrected chi connectivity index (χ4v) is 1.75. The van der Waals surface area contributed by atoms with Gasteiger partial charge in [0.2, 0.25) is 5.89 Å². The summed E-state index contributed by atoms with van der Waals surface area (Å²) in [4.78, 5) is 18.4. The molecule has 1 aromatic heterocycles. The van der Waals surface area contributed by atoms with Crippen LogP contribution in [-0.4, -0.2) is 34.9 Å². The predicted octanol–water partition coefficient (Wildman–Crippen LogP) is 2.12. The molecule has 0 saturated carbocycles. The molecule has 19 heavy (non-hydrogen) atoms. The van der Waals surface area contributed by atoms with E-state index in [0.29, 0.717) is 23.8 Å². The zero-order chi connectivity index (χ0) is 13.8. The average Bonchev–Trinajstić information content (AvgIpc) is 2.85. The Kier molecular flexibility index (Phi) is 4.06. The van der Waals surface area contributed by atoms with Gasteiger partial charge in [0.25, 0.3) is 0 Å². The molecule has 0 fully saturated rings. The summed E-state index contributed by atoms with van der Waals surface area (Å²) in [5, 5.41) is 3.87. The molecule has 5 heteroatoms. The number of ketones is 1. The van der Waals surface area contributed by atoms with E-state index in [0.717, 1.165) is 0 Å². The number of hydrogen-bond donors (Lipinski definition) is 0. The molecule has 1 unspecified atom stereocenters. The lowest BCUT2D eigenvalue weighted by Crippen LogP contribution is -2.13. The Morgan fingerprint density at radius 1 is 1.32 bits per heavy atom. The first kappa shape index (κ1) is 13.4. The summed E-state index contributed by atoms with van der Waals surface area (Å²) in [5.74, 6) is 0.518. The number of Topliss-reactive ketones (excluding diaryl/α,β-unsaturated/α-hetero) is 1. The van der Waals surface area contributed by atoms with Crippen LogP contribution in [0.1, 0.15) is 34.9 Å². The Morgan fingerprint density at radius 2 is 2.00 bits per heavy atom. The maximum Gasteiger partial charge on any atom is 0.237 e. The molecular formula is C14H17N3O2. The first-order valence-electron chi connectivity index (χ1n) is 6.14. The van der Waals surface area contributed by atoms with Crippen LogP contribution >= 0.6 is 0 Å². The van der Waals surface area contributed by atoms with E-state index in [4.69, 9.17) is 4.52 Å². The van der Waals surface area contributed by atoms with Crippen molar-refractivity contribution < 1.29 is 9.32 Å². The van der Waals surface area contributed by atoms with Crippen LogP contribution in [0.2, 0.25) is 0 Å². The minimum absolute atomic E-state index is 0.0133. The van der Waals surface area contributed by atoms with Crippen LogP contribution in [-0.2, 0) is 6.54 Å². The number of rotatable bonds is 5. The lowest BCUT2D eigenvalue weighted by atomic mass is 9.99. The second-order valence-electron chi connectivity index (χ2n) is 4.74. The Labute approximate surface area is 112 Å². The number of carbonyl (C=O) groups is 1. The monoisotopic (exact) mass is 259 g/mol. The van der Waals surface area contributed by atoms with Crippen molar-refractivity contribution in [2.45, 2.75) is 19.4 Å². The molecule has 2 rings (SSSR count). The van der Waals surface area contributed by atoms with E-state index >= 15 is 0 Å². The number of aromatic nitrogens is 2. The number of carbonyl (C=O) groups excluding carboxylic acids is 1. The van der Waals surface area contributed by atoms with Crippen molar-refractivity contribution >= 4 is 5.78 Å². The van der Waals surface area contributed by atoms with E-state index in [1.54, 1.807) is 19.1 Å². The molecule has 1 atom stereocenters. The van der Waals surface area contributed by atoms with Crippen LogP contribution in [0.4, 0.5) is 0 Å². The minimum Gasteiger partial charge on any atom is -0.339 e. The fourth-order valence-electron chi connectivity index (χ4n) is 1.75. The van der Waals surface area contributed by atoms with Gasteiger partial charge in [0, 0.05) is 5.56 Å². The topological polar surface area (TPSA) is 59.2 Å². The first-order chi connectivity index (χ1) is 9.08. The number of benzene rings is 1. The van der Waals surface area contributed by atoms with Gasteiger partial charge in [-0.15, -0.1) is 0 Å². The van der Waals surface area contributed by atoms with Crippen molar-refractivity contribution in [2.24, 2.45) is 0 Å². The van der Waals surface area contributed by atoms with Crippen molar-refractivity contribution in [3.63, 3.8) is 0 Å². The Morgan fingerprint density at radius 3 is 2.63 bits per heavy atom. The molecule has 1 heterocycles. The molecule has 0 N–H and O–H groups in total. The summed E-state index contributed by atoms with van der Waals surface area (Å²) < 4.78 is 5.16. The van der Waals surface area contributed by atoms with Gasteiger partial charge in [0.1, 0.15) is 0 Å². The minimum atomic E-state index is -0.425. The van der Waals surface area contributed by atoms with Gasteiger partial charge in [-0.25, -0.2) is 0 Å². The lowest BCUT2D eigenvalue weighted by Gasteiger charge is -2.05. The van der Waals surface area contributed by atoms with Gasteiger partial charge < -0.3 is 9.42 Å². The summed E-state index contributed by atoms with van der Waals surface area (Å²) >= 11 is 0. The quantitative estimate of drug-likeness (QED) is 0.770. The lowest BCUT2D eigenvalue weighted by molar-refractivity contribution is 0.0951. The molecule has 0 aliphatic heterocycles. The largest absolute Gasteiger partial charge is 0.339 e. The standard InChI is InChI=1S/C14H17N3O2/c1-10(13(18)11-7-5-4-6-8-11)14-15-12(16-19-14)9-17(2)3/h4-8,10H,9H2,1-3H3. The third-order valence-corrected chi connectivity index (χ3v) is 2.76. The molecule has 0 bridgehead atoms. The highest BCUT2D eigenvalue weighted by Gasteiger charge is 2.23. The molecule has 1 aromatic carbocycles. The van der Waals surface area contributed by atoms with E-state index < -0.39 is 5.92 Å². The van der Waals surface area contributed by atoms with Gasteiger partial charge in [-0.05, 0) is 21.0 Å². The SMILES string of the molecule is CC(C(=O)c1ccccc1)c1nc(CN(C)C)no1. The van der Waals surface area contributed by atoms with Crippen molar-refractivity contribution in [3.05, 3.63) is 47.6 Å². The molecule has 0 radical (unpaired) electrons. The van der Waals surface area contributed by atoms with Crippen molar-refractivity contribution in [3.8, 4) is 0 Å². The Bertz CT molecular complexity index is 549. The second-order valence-corrected chi connectivity index (χ2v) is 4.74. The molecule has 0 spiro atoms. The highest BCUT2D eigenvalue weighted by molar-refractivity contribution is 6.00. The molecule has 0 aliphatic carbocycles. The Balaban J connectivity index is 2.13. The smallest absolute Gasteiger partial charge is 0.237 e.